The van der Waals surface area contributed by atoms with Crippen LogP contribution in [-0.2, 0) is 0 Å². The third-order valence-corrected chi connectivity index (χ3v) is 4.17. The Morgan fingerprint density at radius 2 is 2.24 bits per heavy atom. The molecule has 0 bridgehead atoms. The van der Waals surface area contributed by atoms with Crippen LogP contribution in [0.1, 0.15) is 23.0 Å². The Labute approximate surface area is 134 Å². The molecule has 0 saturated carbocycles. The second kappa shape index (κ2) is 6.26. The number of hydrogen-bond donors (Lipinski definition) is 1. The van der Waals surface area contributed by atoms with Gasteiger partial charge in [0.05, 0.1) is 5.02 Å². The van der Waals surface area contributed by atoms with Crippen LogP contribution in [0.15, 0.2) is 22.6 Å². The summed E-state index contributed by atoms with van der Waals surface area (Å²) < 4.78 is 5.75. The largest absolute Gasteiger partial charge is 0.449 e. The fourth-order valence-electron chi connectivity index (χ4n) is 2.69. The Morgan fingerprint density at radius 1 is 1.48 bits per heavy atom. The van der Waals surface area contributed by atoms with Gasteiger partial charge in [0.1, 0.15) is 0 Å². The summed E-state index contributed by atoms with van der Waals surface area (Å²) >= 11 is 6.13. The minimum atomic E-state index is -0.0521. The Balaban J connectivity index is 0.00000161. The molecule has 114 valence electrons. The van der Waals surface area contributed by atoms with Crippen LogP contribution in [0.2, 0.25) is 5.02 Å². The highest BCUT2D eigenvalue weighted by molar-refractivity contribution is 6.35. The number of rotatable bonds is 1. The number of fused-ring (bicyclic) bond motifs is 1. The SMILES string of the molecule is Cc1c(C(=O)N2CCNCC2C)oc2c(Cl)cccc12.Cl. The van der Waals surface area contributed by atoms with Crippen LogP contribution in [0.5, 0.6) is 0 Å². The number of nitrogens with zero attached hydrogens (tertiary/aromatic N) is 1. The molecule has 1 aliphatic heterocycles. The monoisotopic (exact) mass is 328 g/mol. The number of para-hydroxylation sites is 1. The predicted molar refractivity (Wildman–Crippen MR) is 86.6 cm³/mol. The summed E-state index contributed by atoms with van der Waals surface area (Å²) in [6, 6.07) is 5.74. The van der Waals surface area contributed by atoms with Gasteiger partial charge in [0.2, 0.25) is 0 Å². The number of carbonyl (C=O) groups excluding carboxylic acids is 1. The van der Waals surface area contributed by atoms with Crippen molar-refractivity contribution in [2.45, 2.75) is 19.9 Å². The molecule has 1 amide bonds. The van der Waals surface area contributed by atoms with Gasteiger partial charge in [0.25, 0.3) is 5.91 Å². The molecule has 0 spiro atoms. The molecule has 21 heavy (non-hydrogen) atoms. The minimum Gasteiger partial charge on any atom is -0.449 e. The van der Waals surface area contributed by atoms with Gasteiger partial charge < -0.3 is 14.6 Å². The molecule has 2 heterocycles. The van der Waals surface area contributed by atoms with Crippen molar-refractivity contribution in [3.8, 4) is 0 Å². The predicted octanol–water partition coefficient (Wildman–Crippen LogP) is 3.25. The number of carbonyl (C=O) groups is 1. The number of nitrogens with one attached hydrogen (secondary N) is 1. The van der Waals surface area contributed by atoms with Crippen molar-refractivity contribution < 1.29 is 9.21 Å². The standard InChI is InChI=1S/C15H17ClN2O2.ClH/c1-9-8-17-6-7-18(9)15(19)13-10(2)11-4-3-5-12(16)14(11)20-13;/h3-5,9,17H,6-8H2,1-2H3;1H. The smallest absolute Gasteiger partial charge is 0.290 e. The van der Waals surface area contributed by atoms with E-state index in [9.17, 15) is 4.79 Å². The molecule has 1 saturated heterocycles. The first-order chi connectivity index (χ1) is 9.59. The van der Waals surface area contributed by atoms with E-state index in [1.807, 2.05) is 30.9 Å². The van der Waals surface area contributed by atoms with E-state index in [1.165, 1.54) is 0 Å². The lowest BCUT2D eigenvalue weighted by molar-refractivity contribution is 0.0624. The van der Waals surface area contributed by atoms with Gasteiger partial charge in [-0.2, -0.15) is 0 Å². The van der Waals surface area contributed by atoms with Crippen molar-refractivity contribution in [3.05, 3.63) is 34.5 Å². The van der Waals surface area contributed by atoms with E-state index in [1.54, 1.807) is 6.07 Å². The van der Waals surface area contributed by atoms with Crippen molar-refractivity contribution in [1.29, 1.82) is 0 Å². The first-order valence-electron chi connectivity index (χ1n) is 6.79. The zero-order valence-corrected chi connectivity index (χ0v) is 13.6. The summed E-state index contributed by atoms with van der Waals surface area (Å²) in [6.45, 7) is 6.27. The maximum absolute atomic E-state index is 12.7. The normalized spacial score (nSPS) is 18.6. The highest BCUT2D eigenvalue weighted by Crippen LogP contribution is 2.31. The van der Waals surface area contributed by atoms with Crippen LogP contribution < -0.4 is 5.32 Å². The zero-order valence-electron chi connectivity index (χ0n) is 12.0. The van der Waals surface area contributed by atoms with E-state index < -0.39 is 0 Å². The van der Waals surface area contributed by atoms with Gasteiger partial charge in [-0.25, -0.2) is 0 Å². The number of amides is 1. The Bertz CT molecular complexity index is 669. The summed E-state index contributed by atoms with van der Waals surface area (Å²) in [5.74, 6) is 0.352. The number of benzene rings is 1. The number of aryl methyl sites for hydroxylation is 1. The van der Waals surface area contributed by atoms with Gasteiger partial charge in [0.15, 0.2) is 11.3 Å². The topological polar surface area (TPSA) is 45.5 Å². The molecule has 1 N–H and O–H groups in total. The number of hydrogen-bond acceptors (Lipinski definition) is 3. The van der Waals surface area contributed by atoms with Crippen LogP contribution >= 0.6 is 24.0 Å². The van der Waals surface area contributed by atoms with Crippen LogP contribution in [0.25, 0.3) is 11.0 Å². The van der Waals surface area contributed by atoms with Crippen LogP contribution in [0, 0.1) is 6.92 Å². The summed E-state index contributed by atoms with van der Waals surface area (Å²) in [5.41, 5.74) is 1.45. The molecule has 0 aliphatic carbocycles. The molecule has 6 heteroatoms. The molecule has 1 aliphatic rings. The van der Waals surface area contributed by atoms with Gasteiger partial charge in [-0.15, -0.1) is 12.4 Å². The molecular formula is C15H18Cl2N2O2. The maximum Gasteiger partial charge on any atom is 0.290 e. The summed E-state index contributed by atoms with van der Waals surface area (Å²) in [4.78, 5) is 14.5. The highest BCUT2D eigenvalue weighted by Gasteiger charge is 2.28. The molecule has 1 unspecified atom stereocenters. The lowest BCUT2D eigenvalue weighted by atomic mass is 10.1. The first kappa shape index (κ1) is 16.1. The van der Waals surface area contributed by atoms with E-state index in [4.69, 9.17) is 16.0 Å². The van der Waals surface area contributed by atoms with Crippen molar-refractivity contribution in [3.63, 3.8) is 0 Å². The average molecular weight is 329 g/mol. The molecule has 1 aromatic heterocycles. The lowest BCUT2D eigenvalue weighted by Crippen LogP contribution is -2.52. The van der Waals surface area contributed by atoms with Crippen molar-refractivity contribution in [1.82, 2.24) is 10.2 Å². The quantitative estimate of drug-likeness (QED) is 0.874. The van der Waals surface area contributed by atoms with Crippen molar-refractivity contribution >= 4 is 40.9 Å². The number of piperazine rings is 1. The maximum atomic E-state index is 12.7. The fourth-order valence-corrected chi connectivity index (χ4v) is 2.90. The number of halogens is 2. The average Bonchev–Trinajstić information content (AvgIpc) is 2.78. The van der Waals surface area contributed by atoms with Gasteiger partial charge >= 0.3 is 0 Å². The first-order valence-corrected chi connectivity index (χ1v) is 7.16. The lowest BCUT2D eigenvalue weighted by Gasteiger charge is -2.33. The Hall–Kier alpha value is -1.23. The van der Waals surface area contributed by atoms with E-state index in [0.29, 0.717) is 22.9 Å². The van der Waals surface area contributed by atoms with Gasteiger partial charge in [-0.3, -0.25) is 4.79 Å². The second-order valence-electron chi connectivity index (χ2n) is 5.22. The van der Waals surface area contributed by atoms with Crippen LogP contribution in [0.4, 0.5) is 0 Å². The van der Waals surface area contributed by atoms with E-state index in [-0.39, 0.29) is 24.4 Å². The van der Waals surface area contributed by atoms with E-state index >= 15 is 0 Å². The van der Waals surface area contributed by atoms with Crippen LogP contribution in [0.3, 0.4) is 0 Å². The molecule has 1 fully saturated rings. The number of furan rings is 1. The van der Waals surface area contributed by atoms with E-state index in [2.05, 4.69) is 5.32 Å². The second-order valence-corrected chi connectivity index (χ2v) is 5.63. The summed E-state index contributed by atoms with van der Waals surface area (Å²) in [6.07, 6.45) is 0. The fraction of sp³-hybridized carbons (Fsp3) is 0.400. The van der Waals surface area contributed by atoms with Gasteiger partial charge in [0, 0.05) is 36.6 Å². The molecule has 3 rings (SSSR count). The molecule has 1 atom stereocenters. The Kier molecular flexibility index (Phi) is 4.81. The Morgan fingerprint density at radius 3 is 2.90 bits per heavy atom. The molecule has 4 nitrogen and oxygen atoms in total. The molecular weight excluding hydrogens is 311 g/mol. The van der Waals surface area contributed by atoms with Crippen molar-refractivity contribution in [2.75, 3.05) is 19.6 Å². The van der Waals surface area contributed by atoms with Gasteiger partial charge in [-0.1, -0.05) is 23.7 Å². The molecule has 1 aromatic carbocycles. The third kappa shape index (κ3) is 2.76. The molecule has 0 radical (unpaired) electrons. The van der Waals surface area contributed by atoms with Crippen molar-refractivity contribution in [2.24, 2.45) is 0 Å². The summed E-state index contributed by atoms with van der Waals surface area (Å²) in [7, 11) is 0. The van der Waals surface area contributed by atoms with Crippen LogP contribution in [-0.4, -0.2) is 36.5 Å². The highest BCUT2D eigenvalue weighted by atomic mass is 35.5. The van der Waals surface area contributed by atoms with E-state index in [0.717, 1.165) is 24.0 Å². The van der Waals surface area contributed by atoms with Gasteiger partial charge in [-0.05, 0) is 19.9 Å². The molecule has 2 aromatic rings. The minimum absolute atomic E-state index is 0. The summed E-state index contributed by atoms with van der Waals surface area (Å²) in [5, 5.41) is 4.72. The zero-order chi connectivity index (χ0) is 14.3. The third-order valence-electron chi connectivity index (χ3n) is 3.87.